The third kappa shape index (κ3) is 2.91. The molecule has 0 unspecified atom stereocenters. The van der Waals surface area contributed by atoms with Crippen molar-refractivity contribution in [1.82, 2.24) is 5.32 Å². The number of rotatable bonds is 4. The third-order valence-electron chi connectivity index (χ3n) is 2.92. The van der Waals surface area contributed by atoms with E-state index in [-0.39, 0.29) is 5.91 Å². The van der Waals surface area contributed by atoms with Crippen LogP contribution in [0.25, 0.3) is 0 Å². The molecule has 0 atom stereocenters. The predicted molar refractivity (Wildman–Crippen MR) is 77.0 cm³/mol. The summed E-state index contributed by atoms with van der Waals surface area (Å²) in [6.45, 7) is 0.791. The second-order valence-corrected chi connectivity index (χ2v) is 6.60. The van der Waals surface area contributed by atoms with Gasteiger partial charge >= 0.3 is 0 Å². The van der Waals surface area contributed by atoms with Crippen molar-refractivity contribution in [3.63, 3.8) is 0 Å². The minimum Gasteiger partial charge on any atom is -0.351 e. The smallest absolute Gasteiger partial charge is 0.251 e. The summed E-state index contributed by atoms with van der Waals surface area (Å²) >= 11 is 4.10. The summed E-state index contributed by atoms with van der Waals surface area (Å²) in [4.78, 5) is 11.8. The monoisotopic (exact) mass is 347 g/mol. The van der Waals surface area contributed by atoms with Gasteiger partial charge in [-0.25, -0.2) is 0 Å². The number of halogens is 1. The van der Waals surface area contributed by atoms with Gasteiger partial charge in [-0.05, 0) is 66.0 Å². The zero-order chi connectivity index (χ0) is 11.6. The van der Waals surface area contributed by atoms with Crippen molar-refractivity contribution in [2.45, 2.75) is 17.6 Å². The van der Waals surface area contributed by atoms with E-state index in [0.29, 0.717) is 4.75 Å². The molecule has 1 amide bonds. The van der Waals surface area contributed by atoms with Gasteiger partial charge in [0.15, 0.2) is 0 Å². The quantitative estimate of drug-likeness (QED) is 0.849. The molecule has 0 aliphatic heterocycles. The van der Waals surface area contributed by atoms with Crippen molar-refractivity contribution >= 4 is 40.3 Å². The molecule has 2 nitrogen and oxygen atoms in total. The fourth-order valence-electron chi connectivity index (χ4n) is 1.54. The summed E-state index contributed by atoms with van der Waals surface area (Å²) in [7, 11) is 0. The molecule has 0 spiro atoms. The van der Waals surface area contributed by atoms with Gasteiger partial charge < -0.3 is 5.32 Å². The maximum atomic E-state index is 11.8. The molecule has 1 saturated carbocycles. The van der Waals surface area contributed by atoms with Crippen LogP contribution in [-0.2, 0) is 0 Å². The summed E-state index contributed by atoms with van der Waals surface area (Å²) in [5.74, 6) is 0.0386. The van der Waals surface area contributed by atoms with Gasteiger partial charge in [0, 0.05) is 20.4 Å². The Morgan fingerprint density at radius 3 is 2.56 bits per heavy atom. The van der Waals surface area contributed by atoms with Crippen molar-refractivity contribution < 1.29 is 4.79 Å². The molecule has 4 heteroatoms. The third-order valence-corrected chi connectivity index (χ3v) is 5.06. The Hall–Kier alpha value is -0.230. The maximum absolute atomic E-state index is 11.8. The van der Waals surface area contributed by atoms with Crippen LogP contribution in [0, 0.1) is 3.57 Å². The minimum atomic E-state index is 0.0386. The highest BCUT2D eigenvalue weighted by molar-refractivity contribution is 14.1. The average Bonchev–Trinajstić information content (AvgIpc) is 3.08. The Morgan fingerprint density at radius 2 is 2.06 bits per heavy atom. The van der Waals surface area contributed by atoms with E-state index in [9.17, 15) is 4.79 Å². The van der Waals surface area contributed by atoms with Gasteiger partial charge in [-0.3, -0.25) is 4.79 Å². The summed E-state index contributed by atoms with van der Waals surface area (Å²) in [5.41, 5.74) is 0.748. The zero-order valence-corrected chi connectivity index (χ0v) is 12.1. The molecular weight excluding hydrogens is 333 g/mol. The predicted octanol–water partition coefficient (Wildman–Crippen LogP) is 2.92. The first-order chi connectivity index (χ1) is 7.65. The van der Waals surface area contributed by atoms with Gasteiger partial charge in [0.2, 0.25) is 0 Å². The number of nitrogens with one attached hydrogen (secondary N) is 1. The number of hydrogen-bond acceptors (Lipinski definition) is 2. The molecule has 1 aromatic carbocycles. The van der Waals surface area contributed by atoms with Crippen LogP contribution in [0.1, 0.15) is 23.2 Å². The number of thioether (sulfide) groups is 1. The Morgan fingerprint density at radius 1 is 1.44 bits per heavy atom. The Bertz CT molecular complexity index is 387. The molecule has 0 heterocycles. The van der Waals surface area contributed by atoms with Crippen LogP contribution in [0.15, 0.2) is 24.3 Å². The van der Waals surface area contributed by atoms with Crippen LogP contribution in [0.4, 0.5) is 0 Å². The van der Waals surface area contributed by atoms with Crippen LogP contribution in [-0.4, -0.2) is 23.5 Å². The lowest BCUT2D eigenvalue weighted by molar-refractivity contribution is 0.0953. The van der Waals surface area contributed by atoms with Gasteiger partial charge in [0.25, 0.3) is 5.91 Å². The zero-order valence-electron chi connectivity index (χ0n) is 9.13. The van der Waals surface area contributed by atoms with E-state index >= 15 is 0 Å². The number of benzene rings is 1. The molecule has 1 aliphatic rings. The van der Waals surface area contributed by atoms with E-state index in [4.69, 9.17) is 0 Å². The molecule has 16 heavy (non-hydrogen) atoms. The highest BCUT2D eigenvalue weighted by atomic mass is 127. The standard InChI is InChI=1S/C12H14INOS/c1-16-12(6-7-12)8-14-11(15)9-2-4-10(13)5-3-9/h2-5H,6-8H2,1H3,(H,14,15). The van der Waals surface area contributed by atoms with Crippen molar-refractivity contribution in [2.75, 3.05) is 12.8 Å². The Kier molecular flexibility index (Phi) is 3.79. The number of amides is 1. The molecule has 1 aromatic rings. The fourth-order valence-corrected chi connectivity index (χ4v) is 2.62. The van der Waals surface area contributed by atoms with Gasteiger partial charge in [0.05, 0.1) is 0 Å². The molecule has 1 aliphatic carbocycles. The number of hydrogen-bond donors (Lipinski definition) is 1. The summed E-state index contributed by atoms with van der Waals surface area (Å²) in [6, 6.07) is 7.65. The largest absolute Gasteiger partial charge is 0.351 e. The van der Waals surface area contributed by atoms with E-state index < -0.39 is 0 Å². The minimum absolute atomic E-state index is 0.0386. The molecule has 2 rings (SSSR count). The molecule has 86 valence electrons. The highest BCUT2D eigenvalue weighted by Gasteiger charge is 2.41. The summed E-state index contributed by atoms with van der Waals surface area (Å²) in [6.07, 6.45) is 4.56. The van der Waals surface area contributed by atoms with E-state index in [0.717, 1.165) is 15.7 Å². The molecular formula is C12H14INOS. The molecule has 0 aromatic heterocycles. The van der Waals surface area contributed by atoms with Crippen molar-refractivity contribution in [2.24, 2.45) is 0 Å². The second-order valence-electron chi connectivity index (χ2n) is 4.08. The Balaban J connectivity index is 1.91. The molecule has 1 N–H and O–H groups in total. The van der Waals surface area contributed by atoms with Crippen molar-refractivity contribution in [3.05, 3.63) is 33.4 Å². The van der Waals surface area contributed by atoms with Crippen LogP contribution >= 0.6 is 34.4 Å². The van der Waals surface area contributed by atoms with E-state index in [1.807, 2.05) is 36.0 Å². The first kappa shape index (κ1) is 12.2. The lowest BCUT2D eigenvalue weighted by Gasteiger charge is -2.12. The second kappa shape index (κ2) is 4.96. The molecule has 1 fully saturated rings. The van der Waals surface area contributed by atoms with Gasteiger partial charge in [-0.1, -0.05) is 0 Å². The lowest BCUT2D eigenvalue weighted by Crippen LogP contribution is -2.31. The molecule has 0 saturated heterocycles. The first-order valence-corrected chi connectivity index (χ1v) is 7.54. The van der Waals surface area contributed by atoms with Crippen molar-refractivity contribution in [3.8, 4) is 0 Å². The number of carbonyl (C=O) groups is 1. The Labute approximate surface area is 114 Å². The highest BCUT2D eigenvalue weighted by Crippen LogP contribution is 2.46. The maximum Gasteiger partial charge on any atom is 0.251 e. The van der Waals surface area contributed by atoms with Gasteiger partial charge in [-0.2, -0.15) is 11.8 Å². The molecule has 0 bridgehead atoms. The van der Waals surface area contributed by atoms with Gasteiger partial charge in [0.1, 0.15) is 0 Å². The average molecular weight is 347 g/mol. The van der Waals surface area contributed by atoms with E-state index in [2.05, 4.69) is 34.2 Å². The van der Waals surface area contributed by atoms with Gasteiger partial charge in [-0.15, -0.1) is 0 Å². The van der Waals surface area contributed by atoms with Crippen LogP contribution in [0.5, 0.6) is 0 Å². The summed E-state index contributed by atoms with van der Waals surface area (Å²) in [5, 5.41) is 3.01. The van der Waals surface area contributed by atoms with Crippen LogP contribution < -0.4 is 5.32 Å². The van der Waals surface area contributed by atoms with E-state index in [1.165, 1.54) is 12.8 Å². The SMILES string of the molecule is CSC1(CNC(=O)c2ccc(I)cc2)CC1. The molecule has 0 radical (unpaired) electrons. The van der Waals surface area contributed by atoms with Crippen LogP contribution in [0.3, 0.4) is 0 Å². The fraction of sp³-hybridized carbons (Fsp3) is 0.417. The first-order valence-electron chi connectivity index (χ1n) is 5.24. The normalized spacial score (nSPS) is 16.9. The van der Waals surface area contributed by atoms with Crippen LogP contribution in [0.2, 0.25) is 0 Å². The topological polar surface area (TPSA) is 29.1 Å². The van der Waals surface area contributed by atoms with E-state index in [1.54, 1.807) is 0 Å². The number of carbonyl (C=O) groups excluding carboxylic acids is 1. The summed E-state index contributed by atoms with van der Waals surface area (Å²) < 4.78 is 1.48. The van der Waals surface area contributed by atoms with Crippen molar-refractivity contribution in [1.29, 1.82) is 0 Å². The lowest BCUT2D eigenvalue weighted by atomic mass is 10.2.